The van der Waals surface area contributed by atoms with E-state index in [2.05, 4.69) is 30.8 Å². The first kappa shape index (κ1) is 19.2. The lowest BCUT2D eigenvalue weighted by atomic mass is 9.77. The molecular formula is C23H27N5O2. The molecule has 1 aliphatic heterocycles. The van der Waals surface area contributed by atoms with Gasteiger partial charge >= 0.3 is 0 Å². The topological polar surface area (TPSA) is 83.3 Å². The molecule has 1 amide bonds. The highest BCUT2D eigenvalue weighted by Crippen LogP contribution is 2.42. The predicted octanol–water partition coefficient (Wildman–Crippen LogP) is 1.99. The van der Waals surface area contributed by atoms with Crippen molar-refractivity contribution in [2.24, 2.45) is 11.8 Å². The molecule has 4 atom stereocenters. The first-order chi connectivity index (χ1) is 14.7. The molecule has 7 nitrogen and oxygen atoms in total. The van der Waals surface area contributed by atoms with Gasteiger partial charge in [-0.3, -0.25) is 14.7 Å². The third-order valence-corrected chi connectivity index (χ3v) is 6.58. The molecule has 0 unspecified atom stereocenters. The first-order valence-corrected chi connectivity index (χ1v) is 10.7. The molecule has 0 spiro atoms. The Kier molecular flexibility index (Phi) is 5.23. The van der Waals surface area contributed by atoms with Crippen LogP contribution in [0, 0.1) is 11.8 Å². The number of carbonyl (C=O) groups excluding carboxylic acids is 1. The monoisotopic (exact) mass is 405 g/mol. The second-order valence-corrected chi connectivity index (χ2v) is 8.56. The van der Waals surface area contributed by atoms with Crippen LogP contribution >= 0.6 is 0 Å². The Morgan fingerprint density at radius 3 is 2.70 bits per heavy atom. The minimum Gasteiger partial charge on any atom is -0.391 e. The lowest BCUT2D eigenvalue weighted by Gasteiger charge is -2.36. The molecule has 2 fully saturated rings. The number of aromatic nitrogens is 3. The highest BCUT2D eigenvalue weighted by atomic mass is 16.3. The summed E-state index contributed by atoms with van der Waals surface area (Å²) in [5, 5.41) is 13.8. The number of nitrogens with one attached hydrogen (secondary N) is 1. The van der Waals surface area contributed by atoms with Crippen LogP contribution in [0.2, 0.25) is 0 Å². The molecule has 1 aromatic carbocycles. The maximum atomic E-state index is 12.4. The van der Waals surface area contributed by atoms with Crippen LogP contribution in [0.5, 0.6) is 0 Å². The van der Waals surface area contributed by atoms with Gasteiger partial charge in [0.05, 0.1) is 48.3 Å². The summed E-state index contributed by atoms with van der Waals surface area (Å²) in [6, 6.07) is 13.8. The van der Waals surface area contributed by atoms with E-state index in [1.807, 2.05) is 42.7 Å². The van der Waals surface area contributed by atoms with Crippen molar-refractivity contribution < 1.29 is 9.90 Å². The normalized spacial score (nSPS) is 26.6. The Balaban J connectivity index is 1.20. The fraction of sp³-hybridized carbons (Fsp3) is 0.435. The molecule has 156 valence electrons. The van der Waals surface area contributed by atoms with E-state index < -0.39 is 0 Å². The molecule has 2 aliphatic rings. The number of imidazole rings is 1. The quantitative estimate of drug-likeness (QED) is 0.678. The van der Waals surface area contributed by atoms with Gasteiger partial charge in [-0.15, -0.1) is 0 Å². The average molecular weight is 406 g/mol. The number of aliphatic hydroxyl groups excluding tert-OH is 1. The van der Waals surface area contributed by atoms with E-state index >= 15 is 0 Å². The number of benzene rings is 1. The van der Waals surface area contributed by atoms with Gasteiger partial charge in [-0.2, -0.15) is 0 Å². The van der Waals surface area contributed by atoms with Crippen LogP contribution in [0.1, 0.15) is 24.6 Å². The van der Waals surface area contributed by atoms with E-state index in [4.69, 9.17) is 0 Å². The van der Waals surface area contributed by atoms with Crippen molar-refractivity contribution in [2.45, 2.75) is 31.5 Å². The molecule has 0 radical (unpaired) electrons. The zero-order valence-corrected chi connectivity index (χ0v) is 16.9. The van der Waals surface area contributed by atoms with E-state index in [1.165, 1.54) is 0 Å². The van der Waals surface area contributed by atoms with Crippen LogP contribution in [0.25, 0.3) is 11.0 Å². The van der Waals surface area contributed by atoms with Crippen LogP contribution in [-0.2, 0) is 11.3 Å². The lowest BCUT2D eigenvalue weighted by molar-refractivity contribution is -0.122. The maximum Gasteiger partial charge on any atom is 0.234 e. The summed E-state index contributed by atoms with van der Waals surface area (Å²) in [7, 11) is 0. The zero-order chi connectivity index (χ0) is 20.5. The highest BCUT2D eigenvalue weighted by molar-refractivity contribution is 5.78. The molecule has 2 aromatic heterocycles. The van der Waals surface area contributed by atoms with Crippen LogP contribution < -0.4 is 5.32 Å². The molecular weight excluding hydrogens is 378 g/mol. The number of hydrogen-bond donors (Lipinski definition) is 2. The van der Waals surface area contributed by atoms with Gasteiger partial charge in [-0.1, -0.05) is 18.2 Å². The van der Waals surface area contributed by atoms with Crippen molar-refractivity contribution >= 4 is 16.9 Å². The predicted molar refractivity (Wildman–Crippen MR) is 114 cm³/mol. The summed E-state index contributed by atoms with van der Waals surface area (Å²) in [6.07, 6.45) is 4.89. The molecule has 3 aromatic rings. The minimum atomic E-state index is -0.387. The largest absolute Gasteiger partial charge is 0.391 e. The lowest BCUT2D eigenvalue weighted by Crippen LogP contribution is -2.36. The Labute approximate surface area is 175 Å². The summed E-state index contributed by atoms with van der Waals surface area (Å²) in [4.78, 5) is 23.4. The van der Waals surface area contributed by atoms with Crippen LogP contribution in [-0.4, -0.2) is 56.2 Å². The number of likely N-dealkylation sites (tertiary alicyclic amines) is 1. The molecule has 5 rings (SSSR count). The Bertz CT molecular complexity index is 1020. The number of nitrogens with zero attached hydrogens (tertiary/aromatic N) is 4. The SMILES string of the molecule is O=C(CN1C[C@H]2C[C@@H](n3cnc4ccccc43)[C@H](O)C[C@H]2C1)NCc1ccccn1. The average Bonchev–Trinajstić information content (AvgIpc) is 3.35. The Morgan fingerprint density at radius 1 is 1.07 bits per heavy atom. The van der Waals surface area contributed by atoms with Gasteiger partial charge in [0.2, 0.25) is 5.91 Å². The van der Waals surface area contributed by atoms with Gasteiger partial charge in [0.15, 0.2) is 0 Å². The summed E-state index contributed by atoms with van der Waals surface area (Å²) in [5.74, 6) is 0.953. The van der Waals surface area contributed by atoms with E-state index in [0.717, 1.165) is 42.7 Å². The number of aliphatic hydroxyl groups is 1. The van der Waals surface area contributed by atoms with Crippen LogP contribution in [0.15, 0.2) is 55.0 Å². The number of pyridine rings is 1. The smallest absolute Gasteiger partial charge is 0.234 e. The van der Waals surface area contributed by atoms with Gasteiger partial charge in [-0.25, -0.2) is 4.98 Å². The van der Waals surface area contributed by atoms with E-state index in [9.17, 15) is 9.90 Å². The van der Waals surface area contributed by atoms with Crippen molar-refractivity contribution in [3.8, 4) is 0 Å². The van der Waals surface area contributed by atoms with Gasteiger partial charge in [0.25, 0.3) is 0 Å². The second kappa shape index (κ2) is 8.16. The van der Waals surface area contributed by atoms with E-state index in [0.29, 0.717) is 24.9 Å². The van der Waals surface area contributed by atoms with Gasteiger partial charge < -0.3 is 15.0 Å². The third kappa shape index (κ3) is 3.82. The number of carbonyl (C=O) groups is 1. The number of para-hydroxylation sites is 2. The summed E-state index contributed by atoms with van der Waals surface area (Å²) in [6.45, 7) is 2.62. The van der Waals surface area contributed by atoms with Crippen molar-refractivity contribution in [2.75, 3.05) is 19.6 Å². The molecule has 7 heteroatoms. The molecule has 30 heavy (non-hydrogen) atoms. The zero-order valence-electron chi connectivity index (χ0n) is 16.9. The molecule has 3 heterocycles. The Morgan fingerprint density at radius 2 is 1.87 bits per heavy atom. The fourth-order valence-electron chi connectivity index (χ4n) is 5.13. The number of fused-ring (bicyclic) bond motifs is 2. The standard InChI is InChI=1S/C23H27N5O2/c29-22-10-17-13-27(14-23(30)25-11-18-5-3-4-8-24-18)12-16(17)9-21(22)28-15-26-19-6-1-2-7-20(19)28/h1-8,15-17,21-22,29H,9-14H2,(H,25,30)/t16-,17+,21-,22-/m1/s1. The molecule has 1 aliphatic carbocycles. The van der Waals surface area contributed by atoms with Crippen molar-refractivity contribution in [1.82, 2.24) is 24.8 Å². The highest BCUT2D eigenvalue weighted by Gasteiger charge is 2.42. The van der Waals surface area contributed by atoms with Crippen molar-refractivity contribution in [1.29, 1.82) is 0 Å². The molecule has 2 N–H and O–H groups in total. The fourth-order valence-corrected chi connectivity index (χ4v) is 5.13. The van der Waals surface area contributed by atoms with E-state index in [-0.39, 0.29) is 18.1 Å². The van der Waals surface area contributed by atoms with Gasteiger partial charge in [0, 0.05) is 19.3 Å². The summed E-state index contributed by atoms with van der Waals surface area (Å²) in [5.41, 5.74) is 2.90. The van der Waals surface area contributed by atoms with Crippen molar-refractivity contribution in [3.63, 3.8) is 0 Å². The molecule has 1 saturated heterocycles. The number of amides is 1. The minimum absolute atomic E-state index is 0.0250. The summed E-state index contributed by atoms with van der Waals surface area (Å²) < 4.78 is 2.14. The summed E-state index contributed by atoms with van der Waals surface area (Å²) >= 11 is 0. The second-order valence-electron chi connectivity index (χ2n) is 8.56. The van der Waals surface area contributed by atoms with Crippen molar-refractivity contribution in [3.05, 3.63) is 60.7 Å². The van der Waals surface area contributed by atoms with Crippen LogP contribution in [0.3, 0.4) is 0 Å². The van der Waals surface area contributed by atoms with Gasteiger partial charge in [0.1, 0.15) is 0 Å². The maximum absolute atomic E-state index is 12.4. The number of hydrogen-bond acceptors (Lipinski definition) is 5. The molecule has 0 bridgehead atoms. The van der Waals surface area contributed by atoms with E-state index in [1.54, 1.807) is 6.20 Å². The first-order valence-electron chi connectivity index (χ1n) is 10.7. The van der Waals surface area contributed by atoms with Gasteiger partial charge in [-0.05, 0) is 48.9 Å². The van der Waals surface area contributed by atoms with Crippen LogP contribution in [0.4, 0.5) is 0 Å². The third-order valence-electron chi connectivity index (χ3n) is 6.58. The number of rotatable bonds is 5. The Hall–Kier alpha value is -2.77. The molecule has 1 saturated carbocycles.